The molecular weight excluding hydrogens is 349 g/mol. The van der Waals surface area contributed by atoms with Crippen LogP contribution in [0.25, 0.3) is 11.1 Å². The molecule has 0 aliphatic heterocycles. The fraction of sp³-hybridized carbons (Fsp3) is 0.455. The second kappa shape index (κ2) is 8.42. The van der Waals surface area contributed by atoms with Crippen LogP contribution in [0.1, 0.15) is 43.2 Å². The number of aryl methyl sites for hydroxylation is 2. The van der Waals surface area contributed by atoms with E-state index in [9.17, 15) is 13.2 Å². The molecule has 0 unspecified atom stereocenters. The summed E-state index contributed by atoms with van der Waals surface area (Å²) in [5.74, 6) is -0.0695. The molecule has 2 aromatic carbocycles. The fourth-order valence-corrected chi connectivity index (χ4v) is 4.91. The van der Waals surface area contributed by atoms with Crippen molar-refractivity contribution in [1.82, 2.24) is 0 Å². The summed E-state index contributed by atoms with van der Waals surface area (Å²) in [6, 6.07) is 8.54. The van der Waals surface area contributed by atoms with E-state index in [2.05, 4.69) is 0 Å². The lowest BCUT2D eigenvalue weighted by atomic mass is 9.80. The molecule has 0 aromatic heterocycles. The largest absolute Gasteiger partial charge is 0.207 e. The van der Waals surface area contributed by atoms with Gasteiger partial charge in [0, 0.05) is 10.2 Å². The Balaban J connectivity index is 1.70. The summed E-state index contributed by atoms with van der Waals surface area (Å²) in [4.78, 5) is 0. The normalized spacial score (nSPS) is 20.5. The molecule has 0 N–H and O–H groups in total. The van der Waals surface area contributed by atoms with Crippen LogP contribution in [0, 0.1) is 36.2 Å². The van der Waals surface area contributed by atoms with Gasteiger partial charge in [0.1, 0.15) is 17.5 Å². The van der Waals surface area contributed by atoms with E-state index in [0.717, 1.165) is 12.3 Å². The second-order valence-corrected chi connectivity index (χ2v) is 8.55. The number of hydrogen-bond donors (Lipinski definition) is 0. The Bertz CT molecular complexity index is 741. The van der Waals surface area contributed by atoms with Crippen LogP contribution in [0.4, 0.5) is 13.2 Å². The standard InChI is InChI=1S/C22H27F3Si/c1-14-2-9-18(12-19(14)23)22-20(24)10-17(11-21(22)25)8-5-15-3-6-16(13-26)7-4-15/h2,9-12,15-16H,3-8,13H2,1,26H3. The first-order valence-corrected chi connectivity index (χ1v) is 11.1. The Kier molecular flexibility index (Phi) is 6.23. The third kappa shape index (κ3) is 4.40. The minimum absolute atomic E-state index is 0.139. The molecule has 0 nitrogen and oxygen atoms in total. The lowest BCUT2D eigenvalue weighted by Crippen LogP contribution is -2.14. The van der Waals surface area contributed by atoms with Gasteiger partial charge in [-0.15, -0.1) is 0 Å². The molecule has 1 fully saturated rings. The zero-order chi connectivity index (χ0) is 18.7. The van der Waals surface area contributed by atoms with E-state index < -0.39 is 17.5 Å². The van der Waals surface area contributed by atoms with Crippen molar-refractivity contribution in [3.8, 4) is 11.1 Å². The molecular formula is C22H27F3Si. The summed E-state index contributed by atoms with van der Waals surface area (Å²) in [7, 11) is 1.28. The quantitative estimate of drug-likeness (QED) is 0.596. The van der Waals surface area contributed by atoms with Gasteiger partial charge in [-0.25, -0.2) is 13.2 Å². The van der Waals surface area contributed by atoms with Crippen molar-refractivity contribution in [1.29, 1.82) is 0 Å². The van der Waals surface area contributed by atoms with Crippen LogP contribution in [-0.2, 0) is 6.42 Å². The Hall–Kier alpha value is -1.55. The zero-order valence-electron chi connectivity index (χ0n) is 15.6. The molecule has 0 saturated heterocycles. The number of halogens is 3. The monoisotopic (exact) mass is 376 g/mol. The predicted octanol–water partition coefficient (Wildman–Crippen LogP) is 5.60. The number of benzene rings is 2. The summed E-state index contributed by atoms with van der Waals surface area (Å²) in [6.45, 7) is 1.63. The first-order chi connectivity index (χ1) is 12.5. The molecule has 0 heterocycles. The van der Waals surface area contributed by atoms with Gasteiger partial charge in [0.25, 0.3) is 0 Å². The second-order valence-electron chi connectivity index (χ2n) is 7.73. The maximum absolute atomic E-state index is 14.5. The van der Waals surface area contributed by atoms with Crippen LogP contribution in [-0.4, -0.2) is 10.2 Å². The molecule has 0 amide bonds. The molecule has 3 rings (SSSR count). The topological polar surface area (TPSA) is 0 Å². The highest BCUT2D eigenvalue weighted by molar-refractivity contribution is 6.08. The number of rotatable bonds is 5. The van der Waals surface area contributed by atoms with Gasteiger partial charge < -0.3 is 0 Å². The Morgan fingerprint density at radius 2 is 1.50 bits per heavy atom. The first-order valence-electron chi connectivity index (χ1n) is 9.72. The molecule has 1 aliphatic rings. The van der Waals surface area contributed by atoms with Crippen molar-refractivity contribution in [2.45, 2.75) is 51.5 Å². The molecule has 1 aliphatic carbocycles. The van der Waals surface area contributed by atoms with Crippen molar-refractivity contribution in [2.24, 2.45) is 11.8 Å². The van der Waals surface area contributed by atoms with Crippen molar-refractivity contribution >= 4 is 10.2 Å². The van der Waals surface area contributed by atoms with Crippen LogP contribution >= 0.6 is 0 Å². The molecule has 2 aromatic rings. The lowest BCUT2D eigenvalue weighted by molar-refractivity contribution is 0.278. The summed E-state index contributed by atoms with van der Waals surface area (Å²) >= 11 is 0. The van der Waals surface area contributed by atoms with Gasteiger partial charge in [0.05, 0.1) is 5.56 Å². The van der Waals surface area contributed by atoms with E-state index in [4.69, 9.17) is 0 Å². The highest BCUT2D eigenvalue weighted by Gasteiger charge is 2.20. The highest BCUT2D eigenvalue weighted by Crippen LogP contribution is 2.34. The maximum Gasteiger partial charge on any atom is 0.134 e. The predicted molar refractivity (Wildman–Crippen MR) is 105 cm³/mol. The number of hydrogen-bond acceptors (Lipinski definition) is 0. The molecule has 26 heavy (non-hydrogen) atoms. The Labute approximate surface area is 157 Å². The van der Waals surface area contributed by atoms with Crippen LogP contribution in [0.15, 0.2) is 30.3 Å². The van der Waals surface area contributed by atoms with Gasteiger partial charge in [-0.2, -0.15) is 0 Å². The van der Waals surface area contributed by atoms with Gasteiger partial charge in [-0.05, 0) is 66.5 Å². The van der Waals surface area contributed by atoms with Gasteiger partial charge in [-0.1, -0.05) is 43.9 Å². The molecule has 0 bridgehead atoms. The van der Waals surface area contributed by atoms with E-state index in [1.807, 2.05) is 0 Å². The third-order valence-electron chi connectivity index (χ3n) is 5.95. The van der Waals surface area contributed by atoms with Crippen molar-refractivity contribution in [3.05, 3.63) is 58.9 Å². The van der Waals surface area contributed by atoms with E-state index >= 15 is 0 Å². The van der Waals surface area contributed by atoms with E-state index in [0.29, 0.717) is 23.5 Å². The Morgan fingerprint density at radius 3 is 2.08 bits per heavy atom. The highest BCUT2D eigenvalue weighted by atomic mass is 28.1. The summed E-state index contributed by atoms with van der Waals surface area (Å²) in [5, 5.41) is 0. The van der Waals surface area contributed by atoms with E-state index in [1.165, 1.54) is 60.2 Å². The minimum Gasteiger partial charge on any atom is -0.207 e. The molecule has 0 atom stereocenters. The van der Waals surface area contributed by atoms with Crippen molar-refractivity contribution < 1.29 is 13.2 Å². The van der Waals surface area contributed by atoms with Crippen molar-refractivity contribution in [3.63, 3.8) is 0 Å². The van der Waals surface area contributed by atoms with Gasteiger partial charge in [0.15, 0.2) is 0 Å². The van der Waals surface area contributed by atoms with Crippen LogP contribution in [0.3, 0.4) is 0 Å². The van der Waals surface area contributed by atoms with Crippen LogP contribution < -0.4 is 0 Å². The van der Waals surface area contributed by atoms with Gasteiger partial charge >= 0.3 is 0 Å². The summed E-state index contributed by atoms with van der Waals surface area (Å²) in [6.07, 6.45) is 6.82. The van der Waals surface area contributed by atoms with Gasteiger partial charge in [0.2, 0.25) is 0 Å². The minimum atomic E-state index is -0.608. The van der Waals surface area contributed by atoms with E-state index in [1.54, 1.807) is 19.1 Å². The average Bonchev–Trinajstić information content (AvgIpc) is 2.63. The lowest BCUT2D eigenvalue weighted by Gasteiger charge is -2.27. The fourth-order valence-electron chi connectivity index (χ4n) is 4.09. The summed E-state index contributed by atoms with van der Waals surface area (Å²) in [5.41, 5.74) is 1.27. The first kappa shape index (κ1) is 19.2. The van der Waals surface area contributed by atoms with Crippen LogP contribution in [0.2, 0.25) is 6.04 Å². The zero-order valence-corrected chi connectivity index (χ0v) is 17.6. The molecule has 0 radical (unpaired) electrons. The van der Waals surface area contributed by atoms with Gasteiger partial charge in [-0.3, -0.25) is 0 Å². The average molecular weight is 377 g/mol. The molecule has 1 saturated carbocycles. The third-order valence-corrected chi connectivity index (χ3v) is 7.10. The maximum atomic E-state index is 14.5. The molecule has 140 valence electrons. The van der Waals surface area contributed by atoms with E-state index in [-0.39, 0.29) is 11.1 Å². The van der Waals surface area contributed by atoms with Crippen molar-refractivity contribution in [2.75, 3.05) is 0 Å². The van der Waals surface area contributed by atoms with Crippen LogP contribution in [0.5, 0.6) is 0 Å². The molecule has 4 heteroatoms. The SMILES string of the molecule is Cc1ccc(-c2c(F)cc(CCC3CCC(C[SiH3])CC3)cc2F)cc1F. The summed E-state index contributed by atoms with van der Waals surface area (Å²) < 4.78 is 42.8. The Morgan fingerprint density at radius 1 is 0.885 bits per heavy atom. The molecule has 0 spiro atoms. The smallest absolute Gasteiger partial charge is 0.134 e.